The SMILES string of the molecule is COCCOCCOCCOCCOCCOC(=O)CCCCCCCS. The minimum absolute atomic E-state index is 0.146. The molecule has 0 amide bonds. The van der Waals surface area contributed by atoms with E-state index in [1.807, 2.05) is 0 Å². The van der Waals surface area contributed by atoms with Gasteiger partial charge in [-0.3, -0.25) is 4.79 Å². The summed E-state index contributed by atoms with van der Waals surface area (Å²) in [5.74, 6) is 0.791. The summed E-state index contributed by atoms with van der Waals surface area (Å²) in [7, 11) is 1.64. The van der Waals surface area contributed by atoms with Crippen LogP contribution in [0.25, 0.3) is 0 Å². The fraction of sp³-hybridized carbons (Fsp3) is 0.947. The van der Waals surface area contributed by atoms with Crippen molar-refractivity contribution < 1.29 is 33.2 Å². The summed E-state index contributed by atoms with van der Waals surface area (Å²) in [4.78, 5) is 11.5. The Balaban J connectivity index is 3.10. The van der Waals surface area contributed by atoms with Crippen molar-refractivity contribution in [2.75, 3.05) is 78.9 Å². The van der Waals surface area contributed by atoms with Crippen molar-refractivity contribution in [3.63, 3.8) is 0 Å². The molecule has 0 fully saturated rings. The Kier molecular flexibility index (Phi) is 23.3. The largest absolute Gasteiger partial charge is 0.463 e. The van der Waals surface area contributed by atoms with Gasteiger partial charge < -0.3 is 28.4 Å². The lowest BCUT2D eigenvalue weighted by Crippen LogP contribution is -2.14. The number of thiol groups is 1. The van der Waals surface area contributed by atoms with Crippen LogP contribution in [0.5, 0.6) is 0 Å². The van der Waals surface area contributed by atoms with Gasteiger partial charge >= 0.3 is 5.97 Å². The lowest BCUT2D eigenvalue weighted by Gasteiger charge is -2.08. The molecule has 0 aromatic carbocycles. The molecule has 0 radical (unpaired) electrons. The van der Waals surface area contributed by atoms with E-state index in [0.29, 0.717) is 72.5 Å². The van der Waals surface area contributed by atoms with Gasteiger partial charge in [-0.15, -0.1) is 0 Å². The molecule has 0 unspecified atom stereocenters. The molecule has 0 aliphatic heterocycles. The van der Waals surface area contributed by atoms with Gasteiger partial charge in [0.25, 0.3) is 0 Å². The highest BCUT2D eigenvalue weighted by molar-refractivity contribution is 7.80. The zero-order chi connectivity index (χ0) is 19.8. The standard InChI is InChI=1S/C19H38O7S/c1-21-8-9-22-10-11-23-12-13-24-14-15-25-16-17-26-19(20)7-5-3-2-4-6-18-27/h27H,2-18H2,1H3. The third-order valence-electron chi connectivity index (χ3n) is 3.58. The van der Waals surface area contributed by atoms with Crippen molar-refractivity contribution in [1.29, 1.82) is 0 Å². The van der Waals surface area contributed by atoms with E-state index in [4.69, 9.17) is 28.4 Å². The Morgan fingerprint density at radius 1 is 0.630 bits per heavy atom. The van der Waals surface area contributed by atoms with Crippen LogP contribution in [0.1, 0.15) is 38.5 Å². The van der Waals surface area contributed by atoms with Crippen LogP contribution in [0.2, 0.25) is 0 Å². The quantitative estimate of drug-likeness (QED) is 0.167. The zero-order valence-corrected chi connectivity index (χ0v) is 17.7. The first-order valence-electron chi connectivity index (χ1n) is 9.87. The summed E-state index contributed by atoms with van der Waals surface area (Å²) in [6.07, 6.45) is 5.93. The van der Waals surface area contributed by atoms with Crippen molar-refractivity contribution in [3.8, 4) is 0 Å². The molecule has 162 valence electrons. The molecule has 0 saturated heterocycles. The van der Waals surface area contributed by atoms with Gasteiger partial charge in [-0.05, 0) is 18.6 Å². The molecule has 0 rings (SSSR count). The minimum Gasteiger partial charge on any atom is -0.463 e. The average molecular weight is 411 g/mol. The first-order chi connectivity index (χ1) is 13.3. The number of carbonyl (C=O) groups is 1. The molecule has 0 N–H and O–H groups in total. The van der Waals surface area contributed by atoms with Crippen molar-refractivity contribution in [1.82, 2.24) is 0 Å². The van der Waals surface area contributed by atoms with E-state index in [9.17, 15) is 4.79 Å². The molecule has 0 saturated carbocycles. The van der Waals surface area contributed by atoms with Crippen LogP contribution < -0.4 is 0 Å². The molecule has 0 aliphatic rings. The smallest absolute Gasteiger partial charge is 0.305 e. The Bertz CT molecular complexity index is 306. The third kappa shape index (κ3) is 23.6. The number of esters is 1. The van der Waals surface area contributed by atoms with Crippen LogP contribution in [0.4, 0.5) is 0 Å². The van der Waals surface area contributed by atoms with Crippen molar-refractivity contribution in [2.24, 2.45) is 0 Å². The molecule has 0 aromatic heterocycles. The van der Waals surface area contributed by atoms with Gasteiger partial charge in [0.2, 0.25) is 0 Å². The maximum absolute atomic E-state index is 11.5. The van der Waals surface area contributed by atoms with Gasteiger partial charge in [0.1, 0.15) is 6.61 Å². The lowest BCUT2D eigenvalue weighted by atomic mass is 10.1. The van der Waals surface area contributed by atoms with Gasteiger partial charge in [0, 0.05) is 13.5 Å². The molecule has 0 spiro atoms. The van der Waals surface area contributed by atoms with E-state index in [1.165, 1.54) is 6.42 Å². The summed E-state index contributed by atoms with van der Waals surface area (Å²) in [5.41, 5.74) is 0. The van der Waals surface area contributed by atoms with E-state index < -0.39 is 0 Å². The van der Waals surface area contributed by atoms with Crippen LogP contribution in [0.15, 0.2) is 0 Å². The number of ether oxygens (including phenoxy) is 6. The maximum Gasteiger partial charge on any atom is 0.305 e. The van der Waals surface area contributed by atoms with Crippen molar-refractivity contribution in [3.05, 3.63) is 0 Å². The van der Waals surface area contributed by atoms with E-state index in [1.54, 1.807) is 7.11 Å². The number of hydrogen-bond donors (Lipinski definition) is 1. The van der Waals surface area contributed by atoms with Gasteiger partial charge in [-0.1, -0.05) is 19.3 Å². The fourth-order valence-electron chi connectivity index (χ4n) is 2.10. The van der Waals surface area contributed by atoms with Crippen molar-refractivity contribution in [2.45, 2.75) is 38.5 Å². The molecule has 0 heterocycles. The second-order valence-electron chi connectivity index (χ2n) is 5.90. The first-order valence-corrected chi connectivity index (χ1v) is 10.5. The Labute approximate surface area is 169 Å². The first kappa shape index (κ1) is 26.6. The van der Waals surface area contributed by atoms with E-state index in [-0.39, 0.29) is 5.97 Å². The Hall–Kier alpha value is -0.380. The summed E-state index contributed by atoms with van der Waals surface area (Å²) in [6.45, 7) is 4.99. The van der Waals surface area contributed by atoms with E-state index in [2.05, 4.69) is 12.6 Å². The summed E-state index contributed by atoms with van der Waals surface area (Å²) in [6, 6.07) is 0. The lowest BCUT2D eigenvalue weighted by molar-refractivity contribution is -0.145. The fourth-order valence-corrected chi connectivity index (χ4v) is 2.33. The number of carbonyl (C=O) groups excluding carboxylic acids is 1. The van der Waals surface area contributed by atoms with E-state index >= 15 is 0 Å². The normalized spacial score (nSPS) is 11.0. The van der Waals surface area contributed by atoms with Crippen molar-refractivity contribution >= 4 is 18.6 Å². The summed E-state index contributed by atoms with van der Waals surface area (Å²) < 4.78 is 31.3. The molecular formula is C19H38O7S. The predicted octanol–water partition coefficient (Wildman–Crippen LogP) is 2.51. The molecule has 0 aromatic rings. The highest BCUT2D eigenvalue weighted by Crippen LogP contribution is 2.06. The molecule has 27 heavy (non-hydrogen) atoms. The maximum atomic E-state index is 11.5. The number of rotatable bonds is 22. The second-order valence-corrected chi connectivity index (χ2v) is 6.35. The summed E-state index contributed by atoms with van der Waals surface area (Å²) in [5, 5.41) is 0. The Morgan fingerprint density at radius 3 is 1.59 bits per heavy atom. The minimum atomic E-state index is -0.146. The molecule has 0 aliphatic carbocycles. The molecule has 7 nitrogen and oxygen atoms in total. The van der Waals surface area contributed by atoms with Gasteiger partial charge in [-0.2, -0.15) is 12.6 Å². The second kappa shape index (κ2) is 23.7. The number of unbranched alkanes of at least 4 members (excludes halogenated alkanes) is 4. The van der Waals surface area contributed by atoms with Crippen LogP contribution in [-0.4, -0.2) is 84.9 Å². The topological polar surface area (TPSA) is 72.5 Å². The zero-order valence-electron chi connectivity index (χ0n) is 16.8. The monoisotopic (exact) mass is 410 g/mol. The Morgan fingerprint density at radius 2 is 1.07 bits per heavy atom. The van der Waals surface area contributed by atoms with Gasteiger partial charge in [0.05, 0.1) is 59.5 Å². The molecule has 0 bridgehead atoms. The van der Waals surface area contributed by atoms with Crippen LogP contribution in [0, 0.1) is 0 Å². The highest BCUT2D eigenvalue weighted by atomic mass is 32.1. The summed E-state index contributed by atoms with van der Waals surface area (Å²) >= 11 is 4.17. The average Bonchev–Trinajstić information content (AvgIpc) is 2.67. The van der Waals surface area contributed by atoms with Crippen LogP contribution in [-0.2, 0) is 33.2 Å². The predicted molar refractivity (Wildman–Crippen MR) is 108 cm³/mol. The van der Waals surface area contributed by atoms with E-state index in [0.717, 1.165) is 31.4 Å². The van der Waals surface area contributed by atoms with Crippen LogP contribution in [0.3, 0.4) is 0 Å². The number of hydrogen-bond acceptors (Lipinski definition) is 8. The highest BCUT2D eigenvalue weighted by Gasteiger charge is 2.02. The van der Waals surface area contributed by atoms with Crippen LogP contribution >= 0.6 is 12.6 Å². The molecule has 8 heteroatoms. The van der Waals surface area contributed by atoms with Gasteiger partial charge in [0.15, 0.2) is 0 Å². The molecule has 0 atom stereocenters. The van der Waals surface area contributed by atoms with Gasteiger partial charge in [-0.25, -0.2) is 0 Å². The third-order valence-corrected chi connectivity index (χ3v) is 3.89. The molecular weight excluding hydrogens is 372 g/mol. The number of methoxy groups -OCH3 is 1.